The molecule has 2 unspecified atom stereocenters. The summed E-state index contributed by atoms with van der Waals surface area (Å²) in [6, 6.07) is 6.43. The monoisotopic (exact) mass is 292 g/mol. The molecule has 116 valence electrons. The molecule has 1 fully saturated rings. The van der Waals surface area contributed by atoms with Crippen molar-refractivity contribution in [2.75, 3.05) is 6.54 Å². The zero-order chi connectivity index (χ0) is 15.5. The van der Waals surface area contributed by atoms with E-state index in [2.05, 4.69) is 0 Å². The van der Waals surface area contributed by atoms with Gasteiger partial charge in [-0.25, -0.2) is 4.39 Å². The molecule has 21 heavy (non-hydrogen) atoms. The van der Waals surface area contributed by atoms with Gasteiger partial charge in [-0.1, -0.05) is 25.0 Å². The minimum absolute atomic E-state index is 0.103. The van der Waals surface area contributed by atoms with E-state index in [1.54, 1.807) is 11.0 Å². The van der Waals surface area contributed by atoms with Gasteiger partial charge in [-0.05, 0) is 44.4 Å². The fraction of sp³-hybridized carbons (Fsp3) is 0.588. The molecule has 2 N–H and O–H groups in total. The minimum atomic E-state index is -0.426. The van der Waals surface area contributed by atoms with Gasteiger partial charge in [-0.2, -0.15) is 0 Å². The predicted octanol–water partition coefficient (Wildman–Crippen LogP) is 3.08. The third-order valence-electron chi connectivity index (χ3n) is 4.51. The lowest BCUT2D eigenvalue weighted by Gasteiger charge is -2.39. The van der Waals surface area contributed by atoms with E-state index >= 15 is 0 Å². The van der Waals surface area contributed by atoms with Gasteiger partial charge < -0.3 is 10.6 Å². The van der Waals surface area contributed by atoms with E-state index in [1.807, 2.05) is 19.9 Å². The second kappa shape index (κ2) is 6.56. The minimum Gasteiger partial charge on any atom is -0.338 e. The molecule has 1 saturated carbocycles. The van der Waals surface area contributed by atoms with Crippen molar-refractivity contribution in [3.05, 3.63) is 35.6 Å². The number of hydrogen-bond donors (Lipinski definition) is 1. The zero-order valence-corrected chi connectivity index (χ0v) is 12.9. The van der Waals surface area contributed by atoms with Gasteiger partial charge in [0.2, 0.25) is 5.91 Å². The zero-order valence-electron chi connectivity index (χ0n) is 12.9. The summed E-state index contributed by atoms with van der Waals surface area (Å²) in [7, 11) is 0. The van der Waals surface area contributed by atoms with Crippen LogP contribution >= 0.6 is 0 Å². The van der Waals surface area contributed by atoms with Crippen molar-refractivity contribution in [3.8, 4) is 0 Å². The van der Waals surface area contributed by atoms with Crippen LogP contribution in [0.2, 0.25) is 0 Å². The molecule has 0 aliphatic heterocycles. The Bertz CT molecular complexity index is 501. The molecule has 2 atom stereocenters. The van der Waals surface area contributed by atoms with Crippen LogP contribution in [0.3, 0.4) is 0 Å². The molecule has 1 amide bonds. The van der Waals surface area contributed by atoms with Crippen molar-refractivity contribution in [3.63, 3.8) is 0 Å². The Morgan fingerprint density at radius 3 is 2.86 bits per heavy atom. The molecular weight excluding hydrogens is 267 g/mol. The SMILES string of the molecule is CCN(Cc1cccc(F)c1)C(=O)C1CCCCC1(C)N. The van der Waals surface area contributed by atoms with Gasteiger partial charge in [0.15, 0.2) is 0 Å². The Labute approximate surface area is 126 Å². The van der Waals surface area contributed by atoms with E-state index in [-0.39, 0.29) is 17.6 Å². The van der Waals surface area contributed by atoms with E-state index in [4.69, 9.17) is 5.73 Å². The van der Waals surface area contributed by atoms with Gasteiger partial charge in [0, 0.05) is 18.6 Å². The van der Waals surface area contributed by atoms with Gasteiger partial charge in [-0.15, -0.1) is 0 Å². The quantitative estimate of drug-likeness (QED) is 0.927. The van der Waals surface area contributed by atoms with E-state index in [0.29, 0.717) is 13.1 Å². The normalized spacial score (nSPS) is 25.6. The topological polar surface area (TPSA) is 46.3 Å². The summed E-state index contributed by atoms with van der Waals surface area (Å²) in [5, 5.41) is 0. The van der Waals surface area contributed by atoms with Gasteiger partial charge in [-0.3, -0.25) is 4.79 Å². The first-order valence-electron chi connectivity index (χ1n) is 7.76. The standard InChI is InChI=1S/C17H25FN2O/c1-3-20(12-13-7-6-8-14(18)11-13)16(21)15-9-4-5-10-17(15,2)19/h6-8,11,15H,3-5,9-10,12,19H2,1-2H3. The van der Waals surface area contributed by atoms with Gasteiger partial charge >= 0.3 is 0 Å². The number of hydrogen-bond acceptors (Lipinski definition) is 2. The molecule has 1 aromatic carbocycles. The van der Waals surface area contributed by atoms with Crippen LogP contribution in [-0.2, 0) is 11.3 Å². The fourth-order valence-electron chi connectivity index (χ4n) is 3.19. The maximum Gasteiger partial charge on any atom is 0.227 e. The summed E-state index contributed by atoms with van der Waals surface area (Å²) in [6.07, 6.45) is 3.89. The van der Waals surface area contributed by atoms with Crippen LogP contribution in [0.4, 0.5) is 4.39 Å². The number of benzene rings is 1. The average Bonchev–Trinajstić information content (AvgIpc) is 2.43. The molecule has 1 aromatic rings. The Morgan fingerprint density at radius 1 is 1.48 bits per heavy atom. The van der Waals surface area contributed by atoms with E-state index in [0.717, 1.165) is 31.2 Å². The fourth-order valence-corrected chi connectivity index (χ4v) is 3.19. The molecule has 0 bridgehead atoms. The molecule has 3 nitrogen and oxygen atoms in total. The Balaban J connectivity index is 2.11. The summed E-state index contributed by atoms with van der Waals surface area (Å²) >= 11 is 0. The van der Waals surface area contributed by atoms with E-state index in [1.165, 1.54) is 12.1 Å². The first-order chi connectivity index (χ1) is 9.94. The Kier molecular flexibility index (Phi) is 4.99. The summed E-state index contributed by atoms with van der Waals surface area (Å²) in [4.78, 5) is 14.6. The van der Waals surface area contributed by atoms with E-state index < -0.39 is 5.54 Å². The third kappa shape index (κ3) is 3.82. The van der Waals surface area contributed by atoms with Crippen LogP contribution in [-0.4, -0.2) is 22.9 Å². The van der Waals surface area contributed by atoms with Crippen molar-refractivity contribution in [2.24, 2.45) is 11.7 Å². The molecule has 0 heterocycles. The number of nitrogens with two attached hydrogens (primary N) is 1. The lowest BCUT2D eigenvalue weighted by molar-refractivity contribution is -0.139. The number of amides is 1. The molecule has 4 heteroatoms. The van der Waals surface area contributed by atoms with Gasteiger partial charge in [0.1, 0.15) is 5.82 Å². The predicted molar refractivity (Wildman–Crippen MR) is 82.0 cm³/mol. The molecule has 0 spiro atoms. The van der Waals surface area contributed by atoms with Crippen LogP contribution in [0.25, 0.3) is 0 Å². The highest BCUT2D eigenvalue weighted by Crippen LogP contribution is 2.33. The molecule has 1 aliphatic rings. The highest BCUT2D eigenvalue weighted by Gasteiger charge is 2.39. The maximum atomic E-state index is 13.3. The highest BCUT2D eigenvalue weighted by atomic mass is 19.1. The van der Waals surface area contributed by atoms with Crippen LogP contribution in [0, 0.1) is 11.7 Å². The van der Waals surface area contributed by atoms with Gasteiger partial charge in [0.05, 0.1) is 5.92 Å². The molecule has 0 aromatic heterocycles. The maximum absolute atomic E-state index is 13.3. The van der Waals surface area contributed by atoms with Crippen LogP contribution in [0.15, 0.2) is 24.3 Å². The third-order valence-corrected chi connectivity index (χ3v) is 4.51. The number of carbonyl (C=O) groups is 1. The first kappa shape index (κ1) is 16.0. The van der Waals surface area contributed by atoms with Crippen molar-refractivity contribution < 1.29 is 9.18 Å². The lowest BCUT2D eigenvalue weighted by Crippen LogP contribution is -2.53. The van der Waals surface area contributed by atoms with Crippen LogP contribution < -0.4 is 5.73 Å². The molecule has 1 aliphatic carbocycles. The summed E-state index contributed by atoms with van der Waals surface area (Å²) < 4.78 is 13.3. The second-order valence-corrected chi connectivity index (χ2v) is 6.29. The number of nitrogens with zero attached hydrogens (tertiary/aromatic N) is 1. The number of halogens is 1. The first-order valence-corrected chi connectivity index (χ1v) is 7.76. The van der Waals surface area contributed by atoms with Crippen LogP contribution in [0.1, 0.15) is 45.1 Å². The number of carbonyl (C=O) groups excluding carboxylic acids is 1. The van der Waals surface area contributed by atoms with Crippen LogP contribution in [0.5, 0.6) is 0 Å². The average molecular weight is 292 g/mol. The lowest BCUT2D eigenvalue weighted by atomic mass is 9.74. The summed E-state index contributed by atoms with van der Waals surface area (Å²) in [6.45, 7) is 4.99. The smallest absolute Gasteiger partial charge is 0.227 e. The van der Waals surface area contributed by atoms with Crippen molar-refractivity contribution in [1.29, 1.82) is 0 Å². The number of rotatable bonds is 4. The second-order valence-electron chi connectivity index (χ2n) is 6.29. The Morgan fingerprint density at radius 2 is 2.24 bits per heavy atom. The summed E-state index contributed by atoms with van der Waals surface area (Å²) in [5.41, 5.74) is 6.72. The Hall–Kier alpha value is -1.42. The van der Waals surface area contributed by atoms with Crippen molar-refractivity contribution >= 4 is 5.91 Å². The van der Waals surface area contributed by atoms with E-state index in [9.17, 15) is 9.18 Å². The van der Waals surface area contributed by atoms with Gasteiger partial charge in [0.25, 0.3) is 0 Å². The van der Waals surface area contributed by atoms with Crippen molar-refractivity contribution in [2.45, 2.75) is 51.6 Å². The molecule has 0 radical (unpaired) electrons. The molecule has 0 saturated heterocycles. The van der Waals surface area contributed by atoms with Crippen molar-refractivity contribution in [1.82, 2.24) is 4.90 Å². The summed E-state index contributed by atoms with van der Waals surface area (Å²) in [5.74, 6) is -0.288. The molecular formula is C17H25FN2O. The largest absolute Gasteiger partial charge is 0.338 e. The molecule has 2 rings (SSSR count). The highest BCUT2D eigenvalue weighted by molar-refractivity contribution is 5.80.